The van der Waals surface area contributed by atoms with Gasteiger partial charge in [0.05, 0.1) is 11.8 Å². The summed E-state index contributed by atoms with van der Waals surface area (Å²) < 4.78 is 0. The fourth-order valence-corrected chi connectivity index (χ4v) is 4.12. The lowest BCUT2D eigenvalue weighted by Gasteiger charge is -2.23. The third-order valence-corrected chi connectivity index (χ3v) is 5.20. The quantitative estimate of drug-likeness (QED) is 0.819. The number of hydrogen-bond donors (Lipinski definition) is 2. The van der Waals surface area contributed by atoms with E-state index in [9.17, 15) is 14.7 Å². The van der Waals surface area contributed by atoms with Crippen molar-refractivity contribution in [2.75, 3.05) is 11.6 Å². The van der Waals surface area contributed by atoms with Gasteiger partial charge in [-0.1, -0.05) is 24.3 Å². The Morgan fingerprint density at radius 1 is 1.18 bits per heavy atom. The minimum absolute atomic E-state index is 0.00204. The summed E-state index contributed by atoms with van der Waals surface area (Å²) >= 11 is 1.75. The second kappa shape index (κ2) is 6.16. The minimum atomic E-state index is -0.868. The maximum absolute atomic E-state index is 12.5. The lowest BCUT2D eigenvalue weighted by Crippen LogP contribution is -2.36. The summed E-state index contributed by atoms with van der Waals surface area (Å²) in [5.41, 5.74) is 1.93. The first-order valence-electron chi connectivity index (χ1n) is 7.40. The van der Waals surface area contributed by atoms with Crippen LogP contribution in [-0.2, 0) is 15.3 Å². The van der Waals surface area contributed by atoms with Gasteiger partial charge in [0, 0.05) is 11.4 Å². The molecule has 2 aliphatic rings. The van der Waals surface area contributed by atoms with Crippen molar-refractivity contribution < 1.29 is 14.7 Å². The van der Waals surface area contributed by atoms with Crippen LogP contribution in [0.2, 0.25) is 0 Å². The summed E-state index contributed by atoms with van der Waals surface area (Å²) in [7, 11) is 0. The van der Waals surface area contributed by atoms with Crippen molar-refractivity contribution in [2.24, 2.45) is 23.7 Å². The van der Waals surface area contributed by atoms with Crippen LogP contribution in [0.25, 0.3) is 0 Å². The van der Waals surface area contributed by atoms with Gasteiger partial charge in [0.1, 0.15) is 0 Å². The molecule has 5 heteroatoms. The maximum atomic E-state index is 12.5. The Hall–Kier alpha value is -1.75. The van der Waals surface area contributed by atoms with E-state index in [1.54, 1.807) is 11.8 Å². The number of benzene rings is 1. The Labute approximate surface area is 134 Å². The number of rotatable bonds is 5. The number of carboxylic acid groups (broad SMARTS) is 1. The van der Waals surface area contributed by atoms with Crippen molar-refractivity contribution in [2.45, 2.75) is 12.2 Å². The van der Waals surface area contributed by atoms with Crippen molar-refractivity contribution in [1.82, 2.24) is 0 Å². The molecule has 0 saturated heterocycles. The molecule has 3 rings (SSSR count). The molecule has 22 heavy (non-hydrogen) atoms. The van der Waals surface area contributed by atoms with Gasteiger partial charge in [0.2, 0.25) is 5.91 Å². The largest absolute Gasteiger partial charge is 0.481 e. The molecule has 4 unspecified atom stereocenters. The van der Waals surface area contributed by atoms with Crippen LogP contribution in [0.3, 0.4) is 0 Å². The van der Waals surface area contributed by atoms with E-state index >= 15 is 0 Å². The molecule has 1 saturated carbocycles. The first-order chi connectivity index (χ1) is 10.6. The smallest absolute Gasteiger partial charge is 0.307 e. The van der Waals surface area contributed by atoms with Crippen molar-refractivity contribution in [3.8, 4) is 0 Å². The predicted octanol–water partition coefficient (Wildman–Crippen LogP) is 3.01. The van der Waals surface area contributed by atoms with E-state index in [1.807, 2.05) is 42.7 Å². The van der Waals surface area contributed by atoms with Gasteiger partial charge in [-0.15, -0.1) is 0 Å². The van der Waals surface area contributed by atoms with Crippen LogP contribution in [0.1, 0.15) is 12.0 Å². The lowest BCUT2D eigenvalue weighted by atomic mass is 9.82. The van der Waals surface area contributed by atoms with E-state index < -0.39 is 17.8 Å². The van der Waals surface area contributed by atoms with Crippen LogP contribution in [0.4, 0.5) is 5.69 Å². The molecule has 2 bridgehead atoms. The molecule has 1 aromatic rings. The Morgan fingerprint density at radius 3 is 2.41 bits per heavy atom. The highest BCUT2D eigenvalue weighted by Crippen LogP contribution is 2.48. The number of aliphatic carboxylic acids is 1. The number of carboxylic acids is 1. The van der Waals surface area contributed by atoms with Crippen molar-refractivity contribution >= 4 is 29.3 Å². The topological polar surface area (TPSA) is 66.4 Å². The first kappa shape index (κ1) is 15.2. The molecule has 0 radical (unpaired) electrons. The molecule has 0 heterocycles. The van der Waals surface area contributed by atoms with Crippen LogP contribution >= 0.6 is 11.8 Å². The average Bonchev–Trinajstić information content (AvgIpc) is 3.10. The van der Waals surface area contributed by atoms with Crippen LogP contribution in [0.5, 0.6) is 0 Å². The maximum Gasteiger partial charge on any atom is 0.307 e. The van der Waals surface area contributed by atoms with Gasteiger partial charge in [-0.05, 0) is 42.2 Å². The molecule has 1 fully saturated rings. The van der Waals surface area contributed by atoms with Crippen LogP contribution in [0, 0.1) is 23.7 Å². The molecule has 1 aromatic carbocycles. The first-order valence-corrected chi connectivity index (χ1v) is 8.79. The van der Waals surface area contributed by atoms with Gasteiger partial charge in [0.15, 0.2) is 0 Å². The number of fused-ring (bicyclic) bond motifs is 2. The monoisotopic (exact) mass is 317 g/mol. The molecule has 0 aliphatic heterocycles. The summed E-state index contributed by atoms with van der Waals surface area (Å²) in [6, 6.07) is 7.73. The fourth-order valence-electron chi connectivity index (χ4n) is 3.59. The molecule has 4 nitrogen and oxygen atoms in total. The number of anilines is 1. The third kappa shape index (κ3) is 2.77. The van der Waals surface area contributed by atoms with Gasteiger partial charge in [-0.2, -0.15) is 11.8 Å². The van der Waals surface area contributed by atoms with E-state index in [-0.39, 0.29) is 17.7 Å². The van der Waals surface area contributed by atoms with Crippen LogP contribution in [0.15, 0.2) is 36.4 Å². The summed E-state index contributed by atoms with van der Waals surface area (Å²) in [5, 5.41) is 12.3. The van der Waals surface area contributed by atoms with Gasteiger partial charge >= 0.3 is 5.97 Å². The average molecular weight is 317 g/mol. The molecule has 0 aromatic heterocycles. The van der Waals surface area contributed by atoms with Gasteiger partial charge in [0.25, 0.3) is 0 Å². The van der Waals surface area contributed by atoms with Crippen molar-refractivity contribution in [3.63, 3.8) is 0 Å². The molecule has 2 N–H and O–H groups in total. The second-order valence-corrected chi connectivity index (χ2v) is 6.82. The zero-order valence-corrected chi connectivity index (χ0v) is 13.2. The molecule has 2 aliphatic carbocycles. The van der Waals surface area contributed by atoms with E-state index in [1.165, 1.54) is 5.56 Å². The molecular formula is C17H19NO3S. The lowest BCUT2D eigenvalue weighted by molar-refractivity contribution is -0.146. The fraction of sp³-hybridized carbons (Fsp3) is 0.412. The number of nitrogens with one attached hydrogen (secondary N) is 1. The Balaban J connectivity index is 1.71. The highest BCUT2D eigenvalue weighted by Gasteiger charge is 2.51. The van der Waals surface area contributed by atoms with E-state index in [4.69, 9.17) is 0 Å². The highest BCUT2D eigenvalue weighted by molar-refractivity contribution is 7.97. The standard InChI is InChI=1S/C17H19NO3S/c1-22-9-10-2-6-13(7-3-10)18-16(19)14-11-4-5-12(8-11)15(14)17(20)21/h2-7,11-12,14-15H,8-9H2,1H3,(H,18,19)(H,20,21). The highest BCUT2D eigenvalue weighted by atomic mass is 32.2. The molecule has 0 spiro atoms. The second-order valence-electron chi connectivity index (χ2n) is 5.96. The Bertz CT molecular complexity index is 611. The van der Waals surface area contributed by atoms with Crippen molar-refractivity contribution in [1.29, 1.82) is 0 Å². The van der Waals surface area contributed by atoms with E-state index in [2.05, 4.69) is 5.32 Å². The van der Waals surface area contributed by atoms with Crippen LogP contribution < -0.4 is 5.32 Å². The number of allylic oxidation sites excluding steroid dienone is 2. The number of carbonyl (C=O) groups is 2. The molecule has 116 valence electrons. The summed E-state index contributed by atoms with van der Waals surface area (Å²) in [6.45, 7) is 0. The SMILES string of the molecule is CSCc1ccc(NC(=O)C2C3C=CC(C3)C2C(=O)O)cc1. The predicted molar refractivity (Wildman–Crippen MR) is 87.6 cm³/mol. The minimum Gasteiger partial charge on any atom is -0.481 e. The normalized spacial score (nSPS) is 28.8. The number of hydrogen-bond acceptors (Lipinski definition) is 3. The molecular weight excluding hydrogens is 298 g/mol. The van der Waals surface area contributed by atoms with Gasteiger partial charge in [-0.25, -0.2) is 0 Å². The number of thioether (sulfide) groups is 1. The van der Waals surface area contributed by atoms with Gasteiger partial charge < -0.3 is 10.4 Å². The zero-order valence-electron chi connectivity index (χ0n) is 12.4. The van der Waals surface area contributed by atoms with E-state index in [0.29, 0.717) is 0 Å². The summed E-state index contributed by atoms with van der Waals surface area (Å²) in [4.78, 5) is 24.0. The van der Waals surface area contributed by atoms with Crippen LogP contribution in [-0.4, -0.2) is 23.2 Å². The summed E-state index contributed by atoms with van der Waals surface area (Å²) in [6.07, 6.45) is 6.77. The molecule has 1 amide bonds. The summed E-state index contributed by atoms with van der Waals surface area (Å²) in [5.74, 6) is -1.10. The molecule has 4 atom stereocenters. The zero-order chi connectivity index (χ0) is 15.7. The number of carbonyl (C=O) groups excluding carboxylic acids is 1. The Kier molecular flexibility index (Phi) is 4.25. The van der Waals surface area contributed by atoms with Gasteiger partial charge in [-0.3, -0.25) is 9.59 Å². The Morgan fingerprint density at radius 2 is 1.82 bits per heavy atom. The van der Waals surface area contributed by atoms with Crippen molar-refractivity contribution in [3.05, 3.63) is 42.0 Å². The number of amides is 1. The third-order valence-electron chi connectivity index (χ3n) is 4.58. The van der Waals surface area contributed by atoms with E-state index in [0.717, 1.165) is 17.9 Å².